The van der Waals surface area contributed by atoms with E-state index in [4.69, 9.17) is 4.42 Å². The Morgan fingerprint density at radius 3 is 2.31 bits per heavy atom. The summed E-state index contributed by atoms with van der Waals surface area (Å²) in [4.78, 5) is 24.0. The van der Waals surface area contributed by atoms with Gasteiger partial charge < -0.3 is 9.73 Å². The summed E-state index contributed by atoms with van der Waals surface area (Å²) in [6.07, 6.45) is 0. The monoisotopic (exact) mass is 420 g/mol. The van der Waals surface area contributed by atoms with Gasteiger partial charge in [-0.25, -0.2) is 4.79 Å². The topological polar surface area (TPSA) is 85.4 Å². The van der Waals surface area contributed by atoms with Gasteiger partial charge >= 0.3 is 5.63 Å². The number of nitro benzene ring substituents is 1. The molecule has 154 valence electrons. The minimum Gasteiger partial charge on any atom is -0.422 e. The average Bonchev–Trinajstić information content (AvgIpc) is 2.83. The quantitative estimate of drug-likeness (QED) is 0.208. The Morgan fingerprint density at radius 2 is 1.53 bits per heavy atom. The Hall–Kier alpha value is -4.45. The van der Waals surface area contributed by atoms with Crippen LogP contribution in [0.5, 0.6) is 0 Å². The predicted octanol–water partition coefficient (Wildman–Crippen LogP) is 6.09. The van der Waals surface area contributed by atoms with E-state index in [-0.39, 0.29) is 5.69 Å². The van der Waals surface area contributed by atoms with Crippen LogP contribution in [0.4, 0.5) is 17.1 Å². The molecule has 1 aliphatic heterocycles. The fraction of sp³-hybridized carbons (Fsp3) is 0.0385. The van der Waals surface area contributed by atoms with Crippen LogP contribution in [0.25, 0.3) is 21.7 Å². The van der Waals surface area contributed by atoms with Crippen LogP contribution >= 0.6 is 0 Å². The molecule has 0 aliphatic carbocycles. The van der Waals surface area contributed by atoms with Gasteiger partial charge in [0.15, 0.2) is 0 Å². The molecule has 32 heavy (non-hydrogen) atoms. The first kappa shape index (κ1) is 18.3. The van der Waals surface area contributed by atoms with Crippen molar-refractivity contribution in [3.8, 4) is 0 Å². The van der Waals surface area contributed by atoms with Crippen molar-refractivity contribution in [1.82, 2.24) is 0 Å². The van der Waals surface area contributed by atoms with Gasteiger partial charge in [0.1, 0.15) is 5.58 Å². The van der Waals surface area contributed by atoms with E-state index in [1.165, 1.54) is 12.1 Å². The van der Waals surface area contributed by atoms with Crippen LogP contribution in [0.15, 0.2) is 94.1 Å². The number of hydrogen-bond acceptors (Lipinski definition) is 5. The predicted molar refractivity (Wildman–Crippen MR) is 124 cm³/mol. The minimum absolute atomic E-state index is 0.00611. The summed E-state index contributed by atoms with van der Waals surface area (Å²) in [5, 5.41) is 17.5. The Balaban J connectivity index is 1.72. The molecule has 0 saturated heterocycles. The molecule has 1 N–H and O–H groups in total. The van der Waals surface area contributed by atoms with E-state index in [1.54, 1.807) is 18.2 Å². The summed E-state index contributed by atoms with van der Waals surface area (Å²) in [7, 11) is 0. The van der Waals surface area contributed by atoms with Gasteiger partial charge in [0, 0.05) is 29.1 Å². The number of non-ortho nitro benzene ring substituents is 1. The third kappa shape index (κ3) is 2.63. The average molecular weight is 420 g/mol. The summed E-state index contributed by atoms with van der Waals surface area (Å²) in [5.74, 6) is -0.436. The maximum Gasteiger partial charge on any atom is 0.342 e. The number of anilines is 2. The fourth-order valence-corrected chi connectivity index (χ4v) is 4.68. The Labute approximate surface area is 181 Å². The number of hydrogen-bond donors (Lipinski definition) is 1. The third-order valence-electron chi connectivity index (χ3n) is 6.09. The van der Waals surface area contributed by atoms with Gasteiger partial charge in [0.05, 0.1) is 16.2 Å². The van der Waals surface area contributed by atoms with Gasteiger partial charge in [-0.3, -0.25) is 10.1 Å². The number of para-hydroxylation sites is 1. The van der Waals surface area contributed by atoms with Crippen molar-refractivity contribution >= 4 is 38.8 Å². The van der Waals surface area contributed by atoms with E-state index < -0.39 is 16.5 Å². The van der Waals surface area contributed by atoms with Crippen LogP contribution in [0.3, 0.4) is 0 Å². The van der Waals surface area contributed by atoms with Gasteiger partial charge in [-0.15, -0.1) is 0 Å². The number of nitrogens with zero attached hydrogens (tertiary/aromatic N) is 1. The molecule has 0 saturated carbocycles. The van der Waals surface area contributed by atoms with E-state index in [0.29, 0.717) is 16.8 Å². The first-order chi connectivity index (χ1) is 15.6. The lowest BCUT2D eigenvalue weighted by Gasteiger charge is -2.30. The second-order valence-corrected chi connectivity index (χ2v) is 7.83. The molecule has 0 amide bonds. The van der Waals surface area contributed by atoms with Crippen LogP contribution < -0.4 is 10.9 Å². The smallest absolute Gasteiger partial charge is 0.342 e. The van der Waals surface area contributed by atoms with Crippen LogP contribution in [-0.4, -0.2) is 4.92 Å². The Bertz CT molecular complexity index is 1600. The number of nitro groups is 1. The molecule has 6 rings (SSSR count). The molecule has 0 radical (unpaired) electrons. The number of rotatable bonds is 2. The molecule has 1 aromatic heterocycles. The van der Waals surface area contributed by atoms with E-state index in [2.05, 4.69) is 5.32 Å². The molecular weight excluding hydrogens is 404 g/mol. The van der Waals surface area contributed by atoms with Gasteiger partial charge in [-0.1, -0.05) is 54.6 Å². The largest absolute Gasteiger partial charge is 0.422 e. The van der Waals surface area contributed by atoms with Gasteiger partial charge in [-0.05, 0) is 40.1 Å². The van der Waals surface area contributed by atoms with Gasteiger partial charge in [-0.2, -0.15) is 0 Å². The maximum atomic E-state index is 13.3. The molecule has 2 heterocycles. The summed E-state index contributed by atoms with van der Waals surface area (Å²) in [5.41, 5.74) is 3.94. The van der Waals surface area contributed by atoms with Crippen LogP contribution in [0.2, 0.25) is 0 Å². The van der Waals surface area contributed by atoms with Crippen molar-refractivity contribution in [2.45, 2.75) is 5.92 Å². The summed E-state index contributed by atoms with van der Waals surface area (Å²) >= 11 is 0. The van der Waals surface area contributed by atoms with Crippen molar-refractivity contribution in [2.24, 2.45) is 0 Å². The van der Waals surface area contributed by atoms with Gasteiger partial charge in [0.25, 0.3) is 5.69 Å². The van der Waals surface area contributed by atoms with Crippen molar-refractivity contribution in [3.63, 3.8) is 0 Å². The first-order valence-electron chi connectivity index (χ1n) is 10.2. The van der Waals surface area contributed by atoms with E-state index in [0.717, 1.165) is 33.0 Å². The lowest BCUT2D eigenvalue weighted by molar-refractivity contribution is -0.384. The fourth-order valence-electron chi connectivity index (χ4n) is 4.68. The van der Waals surface area contributed by atoms with Gasteiger partial charge in [0.2, 0.25) is 0 Å². The highest BCUT2D eigenvalue weighted by molar-refractivity contribution is 6.00. The minimum atomic E-state index is -0.436. The number of nitrogens with one attached hydrogen (secondary N) is 1. The zero-order valence-electron chi connectivity index (χ0n) is 16.7. The highest BCUT2D eigenvalue weighted by atomic mass is 16.6. The number of fused-ring (bicyclic) bond motifs is 6. The SMILES string of the molecule is O=c1oc2ccccc2c2c1C(c1ccc([N+](=O)[O-])cc1)c1c(ccc3ccccc13)N2. The first-order valence-corrected chi connectivity index (χ1v) is 10.2. The second kappa shape index (κ2) is 6.78. The standard InChI is InChI=1S/C26H16N2O4/c29-26-24-22(16-9-12-17(13-10-16)28(30)31)23-18-6-2-1-5-15(18)11-14-20(23)27-25(24)19-7-3-4-8-21(19)32-26/h1-14,22,27H. The molecular formula is C26H16N2O4. The molecule has 6 heteroatoms. The summed E-state index contributed by atoms with van der Waals surface area (Å²) in [6.45, 7) is 0. The molecule has 1 atom stereocenters. The normalized spacial score (nSPS) is 14.6. The molecule has 1 aliphatic rings. The molecule has 0 fully saturated rings. The summed E-state index contributed by atoms with van der Waals surface area (Å²) < 4.78 is 5.70. The van der Waals surface area contributed by atoms with E-state index >= 15 is 0 Å². The van der Waals surface area contributed by atoms with E-state index in [9.17, 15) is 14.9 Å². The molecule has 0 bridgehead atoms. The Kier molecular flexibility index (Phi) is 3.89. The van der Waals surface area contributed by atoms with Crippen LogP contribution in [0, 0.1) is 10.1 Å². The van der Waals surface area contributed by atoms with Crippen LogP contribution in [0.1, 0.15) is 22.6 Å². The van der Waals surface area contributed by atoms with Crippen molar-refractivity contribution in [3.05, 3.63) is 122 Å². The maximum absolute atomic E-state index is 13.3. The zero-order chi connectivity index (χ0) is 21.8. The lowest BCUT2D eigenvalue weighted by atomic mass is 9.79. The molecule has 4 aromatic carbocycles. The van der Waals surface area contributed by atoms with Crippen LogP contribution in [-0.2, 0) is 0 Å². The summed E-state index contributed by atoms with van der Waals surface area (Å²) in [6, 6.07) is 25.9. The number of benzene rings is 4. The molecule has 0 spiro atoms. The molecule has 6 nitrogen and oxygen atoms in total. The lowest BCUT2D eigenvalue weighted by Crippen LogP contribution is -2.22. The Morgan fingerprint density at radius 1 is 0.812 bits per heavy atom. The molecule has 1 unspecified atom stereocenters. The zero-order valence-corrected chi connectivity index (χ0v) is 16.7. The highest BCUT2D eigenvalue weighted by Gasteiger charge is 2.33. The van der Waals surface area contributed by atoms with Crippen molar-refractivity contribution < 1.29 is 9.34 Å². The highest BCUT2D eigenvalue weighted by Crippen LogP contribution is 2.48. The van der Waals surface area contributed by atoms with E-state index in [1.807, 2.05) is 54.6 Å². The van der Waals surface area contributed by atoms with Crippen molar-refractivity contribution in [1.29, 1.82) is 0 Å². The van der Waals surface area contributed by atoms with Crippen molar-refractivity contribution in [2.75, 3.05) is 5.32 Å². The second-order valence-electron chi connectivity index (χ2n) is 7.83. The molecule has 5 aromatic rings. The third-order valence-corrected chi connectivity index (χ3v) is 6.09.